The summed E-state index contributed by atoms with van der Waals surface area (Å²) in [4.78, 5) is 12.0. The number of ether oxygens (including phenoxy) is 2. The summed E-state index contributed by atoms with van der Waals surface area (Å²) >= 11 is 5.88. The number of rotatable bonds is 4. The Balaban J connectivity index is 2.33. The summed E-state index contributed by atoms with van der Waals surface area (Å²) in [5.41, 5.74) is 3.28. The second kappa shape index (κ2) is 6.26. The van der Waals surface area contributed by atoms with Gasteiger partial charge in [0.1, 0.15) is 5.75 Å². The summed E-state index contributed by atoms with van der Waals surface area (Å²) in [6, 6.07) is 4.31. The van der Waals surface area contributed by atoms with Gasteiger partial charge in [-0.25, -0.2) is 0 Å². The Morgan fingerprint density at radius 3 is 2.33 bits per heavy atom. The van der Waals surface area contributed by atoms with E-state index in [-0.39, 0.29) is 23.4 Å². The summed E-state index contributed by atoms with van der Waals surface area (Å²) in [7, 11) is 0. The lowest BCUT2D eigenvalue weighted by molar-refractivity contribution is 0.218. The fourth-order valence-electron chi connectivity index (χ4n) is 1.83. The quantitative estimate of drug-likeness (QED) is 0.853. The van der Waals surface area contributed by atoms with Crippen LogP contribution in [0.25, 0.3) is 0 Å². The van der Waals surface area contributed by atoms with Crippen molar-refractivity contribution in [2.45, 2.75) is 40.7 Å². The number of hydrogen-bond donors (Lipinski definition) is 0. The third-order valence-electron chi connectivity index (χ3n) is 2.87. The molecule has 0 fully saturated rings. The minimum Gasteiger partial charge on any atom is -0.461 e. The maximum absolute atomic E-state index is 5.88. The molecule has 1 aromatic carbocycles. The molecule has 5 nitrogen and oxygen atoms in total. The number of benzene rings is 1. The van der Waals surface area contributed by atoms with Gasteiger partial charge in [-0.15, -0.1) is 4.98 Å². The number of hydrogen-bond acceptors (Lipinski definition) is 5. The van der Waals surface area contributed by atoms with Crippen LogP contribution in [0.1, 0.15) is 30.5 Å². The molecule has 2 aromatic rings. The molecule has 1 aromatic heterocycles. The fraction of sp³-hybridized carbons (Fsp3) is 0.400. The molecule has 2 rings (SSSR count). The summed E-state index contributed by atoms with van der Waals surface area (Å²) in [5.74, 6) is 0.699. The zero-order valence-corrected chi connectivity index (χ0v) is 13.5. The summed E-state index contributed by atoms with van der Waals surface area (Å²) < 4.78 is 11.2. The largest absolute Gasteiger partial charge is 0.461 e. The molecule has 0 bridgehead atoms. The van der Waals surface area contributed by atoms with Crippen molar-refractivity contribution in [3.05, 3.63) is 34.1 Å². The first-order valence-corrected chi connectivity index (χ1v) is 7.07. The molecule has 21 heavy (non-hydrogen) atoms. The highest BCUT2D eigenvalue weighted by Gasteiger charge is 2.12. The Bertz CT molecular complexity index is 660. The van der Waals surface area contributed by atoms with Crippen molar-refractivity contribution in [3.8, 4) is 17.8 Å². The van der Waals surface area contributed by atoms with Crippen molar-refractivity contribution in [3.63, 3.8) is 0 Å². The van der Waals surface area contributed by atoms with Gasteiger partial charge in [0.05, 0.1) is 6.10 Å². The molecule has 0 radical (unpaired) electrons. The van der Waals surface area contributed by atoms with E-state index >= 15 is 0 Å². The molecule has 0 saturated carbocycles. The Morgan fingerprint density at radius 1 is 1.00 bits per heavy atom. The van der Waals surface area contributed by atoms with Gasteiger partial charge in [0.2, 0.25) is 5.28 Å². The summed E-state index contributed by atoms with van der Waals surface area (Å²) in [6.45, 7) is 9.78. The Labute approximate surface area is 129 Å². The lowest BCUT2D eigenvalue weighted by atomic mass is 10.1. The van der Waals surface area contributed by atoms with Crippen molar-refractivity contribution >= 4 is 11.6 Å². The third kappa shape index (κ3) is 4.04. The number of aromatic nitrogens is 3. The molecule has 6 heteroatoms. The van der Waals surface area contributed by atoms with E-state index < -0.39 is 0 Å². The average molecular weight is 308 g/mol. The Kier molecular flexibility index (Phi) is 4.63. The van der Waals surface area contributed by atoms with Crippen LogP contribution < -0.4 is 9.47 Å². The van der Waals surface area contributed by atoms with Crippen LogP contribution in [0.3, 0.4) is 0 Å². The predicted octanol–water partition coefficient (Wildman–Crippen LogP) is 4.03. The molecule has 0 saturated heterocycles. The standard InChI is InChI=1S/C15H18ClN3O2/c1-8(2)20-14-17-13(16)18-15(19-14)21-12-7-9(3)6-10(4)11(12)5/h6-8H,1-5H3. The monoisotopic (exact) mass is 307 g/mol. The van der Waals surface area contributed by atoms with Crippen LogP contribution in [0.15, 0.2) is 12.1 Å². The molecule has 0 amide bonds. The van der Waals surface area contributed by atoms with Gasteiger partial charge in [-0.05, 0) is 69.0 Å². The second-order valence-corrected chi connectivity index (χ2v) is 5.48. The van der Waals surface area contributed by atoms with Crippen molar-refractivity contribution < 1.29 is 9.47 Å². The molecule has 0 N–H and O–H groups in total. The number of aryl methyl sites for hydroxylation is 2. The molecule has 0 aliphatic rings. The molecule has 0 atom stereocenters. The molecule has 1 heterocycles. The van der Waals surface area contributed by atoms with Crippen LogP contribution in [0.4, 0.5) is 0 Å². The smallest absolute Gasteiger partial charge is 0.329 e. The normalized spacial score (nSPS) is 10.8. The molecule has 112 valence electrons. The number of halogens is 1. The van der Waals surface area contributed by atoms with E-state index in [1.165, 1.54) is 0 Å². The predicted molar refractivity (Wildman–Crippen MR) is 81.3 cm³/mol. The first-order valence-electron chi connectivity index (χ1n) is 6.69. The Morgan fingerprint density at radius 2 is 1.67 bits per heavy atom. The van der Waals surface area contributed by atoms with E-state index in [0.29, 0.717) is 5.75 Å². The minimum atomic E-state index is -0.0562. The van der Waals surface area contributed by atoms with Gasteiger partial charge in [0.15, 0.2) is 0 Å². The third-order valence-corrected chi connectivity index (χ3v) is 3.04. The van der Waals surface area contributed by atoms with Crippen LogP contribution in [0.5, 0.6) is 17.8 Å². The topological polar surface area (TPSA) is 57.1 Å². The van der Waals surface area contributed by atoms with Crippen LogP contribution in [0, 0.1) is 20.8 Å². The van der Waals surface area contributed by atoms with Crippen LogP contribution in [-0.4, -0.2) is 21.1 Å². The molecule has 0 aliphatic carbocycles. The van der Waals surface area contributed by atoms with Crippen LogP contribution in [0.2, 0.25) is 5.28 Å². The van der Waals surface area contributed by atoms with Gasteiger partial charge in [-0.3, -0.25) is 0 Å². The first kappa shape index (κ1) is 15.5. The van der Waals surface area contributed by atoms with Crippen molar-refractivity contribution in [1.82, 2.24) is 15.0 Å². The van der Waals surface area contributed by atoms with Gasteiger partial charge in [-0.1, -0.05) is 6.07 Å². The fourth-order valence-corrected chi connectivity index (χ4v) is 1.97. The maximum atomic E-state index is 5.88. The van der Waals surface area contributed by atoms with Gasteiger partial charge < -0.3 is 9.47 Å². The van der Waals surface area contributed by atoms with Crippen LogP contribution >= 0.6 is 11.6 Å². The molecule has 0 spiro atoms. The lowest BCUT2D eigenvalue weighted by Gasteiger charge is -2.12. The van der Waals surface area contributed by atoms with E-state index in [1.54, 1.807) is 0 Å². The van der Waals surface area contributed by atoms with Gasteiger partial charge in [0, 0.05) is 0 Å². The maximum Gasteiger partial charge on any atom is 0.329 e. The molecular weight excluding hydrogens is 290 g/mol. The van der Waals surface area contributed by atoms with E-state index in [4.69, 9.17) is 21.1 Å². The van der Waals surface area contributed by atoms with E-state index in [9.17, 15) is 0 Å². The van der Waals surface area contributed by atoms with Gasteiger partial charge in [-0.2, -0.15) is 9.97 Å². The van der Waals surface area contributed by atoms with Crippen molar-refractivity contribution in [2.24, 2.45) is 0 Å². The van der Waals surface area contributed by atoms with Crippen LogP contribution in [-0.2, 0) is 0 Å². The highest BCUT2D eigenvalue weighted by Crippen LogP contribution is 2.27. The lowest BCUT2D eigenvalue weighted by Crippen LogP contribution is -2.09. The SMILES string of the molecule is Cc1cc(C)c(C)c(Oc2nc(Cl)nc(OC(C)C)n2)c1. The van der Waals surface area contributed by atoms with E-state index in [0.717, 1.165) is 16.7 Å². The molecule has 0 aliphatic heterocycles. The zero-order valence-electron chi connectivity index (χ0n) is 12.8. The highest BCUT2D eigenvalue weighted by molar-refractivity contribution is 6.28. The first-order chi connectivity index (χ1) is 9.85. The van der Waals surface area contributed by atoms with Gasteiger partial charge in [0.25, 0.3) is 0 Å². The second-order valence-electron chi connectivity index (χ2n) is 5.14. The summed E-state index contributed by atoms with van der Waals surface area (Å²) in [5, 5.41) is 0.0395. The minimum absolute atomic E-state index is 0.0395. The van der Waals surface area contributed by atoms with E-state index in [1.807, 2.05) is 40.7 Å². The average Bonchev–Trinajstić information content (AvgIpc) is 2.33. The molecular formula is C15H18ClN3O2. The highest BCUT2D eigenvalue weighted by atomic mass is 35.5. The zero-order chi connectivity index (χ0) is 15.6. The van der Waals surface area contributed by atoms with Crippen molar-refractivity contribution in [2.75, 3.05) is 0 Å². The Hall–Kier alpha value is -1.88. The summed E-state index contributed by atoms with van der Waals surface area (Å²) in [6.07, 6.45) is -0.0562. The van der Waals surface area contributed by atoms with Crippen molar-refractivity contribution in [1.29, 1.82) is 0 Å². The number of nitrogens with zero attached hydrogens (tertiary/aromatic N) is 3. The molecule has 0 unspecified atom stereocenters. The van der Waals surface area contributed by atoms with Gasteiger partial charge >= 0.3 is 12.0 Å². The van der Waals surface area contributed by atoms with E-state index in [2.05, 4.69) is 21.0 Å².